The Bertz CT molecular complexity index is 1090. The third-order valence-corrected chi connectivity index (χ3v) is 4.37. The number of amides is 2. The summed E-state index contributed by atoms with van der Waals surface area (Å²) >= 11 is 0. The lowest BCUT2D eigenvalue weighted by atomic mass is 10.1. The van der Waals surface area contributed by atoms with Crippen LogP contribution in [0.25, 0.3) is 0 Å². The number of aryl methyl sites for hydroxylation is 2. The Morgan fingerprint density at radius 2 is 1.20 bits per heavy atom. The van der Waals surface area contributed by atoms with Crippen LogP contribution in [0.1, 0.15) is 38.8 Å². The first kappa shape index (κ1) is 20.8. The van der Waals surface area contributed by atoms with Crippen LogP contribution in [0.2, 0.25) is 0 Å². The van der Waals surface area contributed by atoms with E-state index in [2.05, 4.69) is 10.6 Å². The summed E-state index contributed by atoms with van der Waals surface area (Å²) in [4.78, 5) is 36.5. The van der Waals surface area contributed by atoms with Gasteiger partial charge in [0, 0.05) is 29.8 Å². The topological polar surface area (TPSA) is 84.5 Å². The van der Waals surface area contributed by atoms with Gasteiger partial charge in [0.25, 0.3) is 11.8 Å². The van der Waals surface area contributed by atoms with Crippen LogP contribution in [-0.2, 0) is 4.79 Å². The summed E-state index contributed by atoms with van der Waals surface area (Å²) in [5.41, 5.74) is 3.84. The maximum Gasteiger partial charge on any atom is 0.308 e. The Morgan fingerprint density at radius 3 is 1.70 bits per heavy atom. The summed E-state index contributed by atoms with van der Waals surface area (Å²) in [5.74, 6) is -1.02. The molecule has 152 valence electrons. The Kier molecular flexibility index (Phi) is 6.27. The summed E-state index contributed by atoms with van der Waals surface area (Å²) in [6, 6.07) is 19.0. The first-order valence-corrected chi connectivity index (χ1v) is 9.40. The van der Waals surface area contributed by atoms with E-state index in [1.54, 1.807) is 36.4 Å². The smallest absolute Gasteiger partial charge is 0.308 e. The largest absolute Gasteiger partial charge is 0.424 e. The molecule has 0 aliphatic heterocycles. The second-order valence-corrected chi connectivity index (χ2v) is 6.94. The van der Waals surface area contributed by atoms with Gasteiger partial charge in [0.1, 0.15) is 0 Å². The Morgan fingerprint density at radius 1 is 0.700 bits per heavy atom. The molecule has 0 saturated heterocycles. The van der Waals surface area contributed by atoms with E-state index < -0.39 is 5.97 Å². The number of anilines is 2. The highest BCUT2D eigenvalue weighted by atomic mass is 16.5. The van der Waals surface area contributed by atoms with Gasteiger partial charge >= 0.3 is 5.97 Å². The zero-order chi connectivity index (χ0) is 21.7. The van der Waals surface area contributed by atoms with E-state index in [1.807, 2.05) is 38.1 Å². The van der Waals surface area contributed by atoms with Crippen molar-refractivity contribution in [1.29, 1.82) is 0 Å². The minimum atomic E-state index is -0.539. The van der Waals surface area contributed by atoms with Crippen LogP contribution in [0.3, 0.4) is 0 Å². The molecule has 0 heterocycles. The number of carbonyl (C=O) groups is 3. The van der Waals surface area contributed by atoms with Gasteiger partial charge in [-0.2, -0.15) is 0 Å². The molecule has 0 unspecified atom stereocenters. The maximum atomic E-state index is 12.5. The van der Waals surface area contributed by atoms with Crippen LogP contribution >= 0.6 is 0 Å². The van der Waals surface area contributed by atoms with E-state index in [0.717, 1.165) is 11.1 Å². The molecule has 0 aliphatic carbocycles. The molecule has 2 N–H and O–H groups in total. The SMILES string of the molecule is CC(=O)Oc1cc(NC(=O)c2ccc(C)cc2)ccc1NC(=O)c1ccc(C)cc1. The number of carbonyl (C=O) groups excluding carboxylic acids is 3. The molecule has 0 radical (unpaired) electrons. The van der Waals surface area contributed by atoms with E-state index in [-0.39, 0.29) is 17.6 Å². The summed E-state index contributed by atoms with van der Waals surface area (Å²) in [7, 11) is 0. The van der Waals surface area contributed by atoms with Gasteiger partial charge in [0.2, 0.25) is 0 Å². The number of esters is 1. The number of benzene rings is 3. The molecule has 0 bridgehead atoms. The highest BCUT2D eigenvalue weighted by molar-refractivity contribution is 6.06. The van der Waals surface area contributed by atoms with E-state index in [9.17, 15) is 14.4 Å². The summed E-state index contributed by atoms with van der Waals surface area (Å²) < 4.78 is 5.24. The fourth-order valence-corrected chi connectivity index (χ4v) is 2.75. The zero-order valence-electron chi connectivity index (χ0n) is 17.0. The van der Waals surface area contributed by atoms with Crippen molar-refractivity contribution in [3.63, 3.8) is 0 Å². The lowest BCUT2D eigenvalue weighted by Gasteiger charge is -2.13. The Hall–Kier alpha value is -3.93. The van der Waals surface area contributed by atoms with Gasteiger partial charge in [-0.3, -0.25) is 14.4 Å². The summed E-state index contributed by atoms with van der Waals surface area (Å²) in [6.07, 6.45) is 0. The molecule has 0 saturated carbocycles. The summed E-state index contributed by atoms with van der Waals surface area (Å²) in [5, 5.41) is 5.51. The quantitative estimate of drug-likeness (QED) is 0.477. The summed E-state index contributed by atoms with van der Waals surface area (Å²) in [6.45, 7) is 5.14. The Balaban J connectivity index is 1.81. The third-order valence-electron chi connectivity index (χ3n) is 4.37. The fourth-order valence-electron chi connectivity index (χ4n) is 2.75. The molecule has 30 heavy (non-hydrogen) atoms. The van der Waals surface area contributed by atoms with Crippen molar-refractivity contribution in [2.45, 2.75) is 20.8 Å². The molecule has 3 aromatic rings. The van der Waals surface area contributed by atoms with Crippen LogP contribution in [0.5, 0.6) is 5.75 Å². The average Bonchev–Trinajstić information content (AvgIpc) is 2.70. The molecule has 2 amide bonds. The molecule has 0 aromatic heterocycles. The molecule has 6 heteroatoms. The van der Waals surface area contributed by atoms with Crippen LogP contribution in [0.4, 0.5) is 11.4 Å². The maximum absolute atomic E-state index is 12.5. The van der Waals surface area contributed by atoms with Crippen LogP contribution in [-0.4, -0.2) is 17.8 Å². The highest BCUT2D eigenvalue weighted by Crippen LogP contribution is 2.29. The number of hydrogen-bond acceptors (Lipinski definition) is 4. The Labute approximate surface area is 174 Å². The predicted octanol–water partition coefficient (Wildman–Crippen LogP) is 4.73. The molecule has 0 atom stereocenters. The number of ether oxygens (including phenoxy) is 1. The molecule has 0 fully saturated rings. The highest BCUT2D eigenvalue weighted by Gasteiger charge is 2.14. The zero-order valence-corrected chi connectivity index (χ0v) is 17.0. The molecule has 6 nitrogen and oxygen atoms in total. The number of nitrogens with one attached hydrogen (secondary N) is 2. The third kappa shape index (κ3) is 5.32. The monoisotopic (exact) mass is 402 g/mol. The van der Waals surface area contributed by atoms with E-state index in [1.165, 1.54) is 13.0 Å². The van der Waals surface area contributed by atoms with Crippen LogP contribution in [0.15, 0.2) is 66.7 Å². The van der Waals surface area contributed by atoms with E-state index >= 15 is 0 Å². The van der Waals surface area contributed by atoms with Gasteiger partial charge in [-0.25, -0.2) is 0 Å². The molecule has 3 rings (SSSR count). The molecular weight excluding hydrogens is 380 g/mol. The molecule has 0 spiro atoms. The second-order valence-electron chi connectivity index (χ2n) is 6.94. The van der Waals surface area contributed by atoms with Crippen molar-refractivity contribution in [2.24, 2.45) is 0 Å². The number of rotatable bonds is 5. The van der Waals surface area contributed by atoms with Crippen molar-refractivity contribution < 1.29 is 19.1 Å². The number of hydrogen-bond donors (Lipinski definition) is 2. The van der Waals surface area contributed by atoms with Gasteiger partial charge in [-0.1, -0.05) is 35.4 Å². The molecular formula is C24H22N2O4. The van der Waals surface area contributed by atoms with Gasteiger partial charge in [0.05, 0.1) is 5.69 Å². The average molecular weight is 402 g/mol. The lowest BCUT2D eigenvalue weighted by Crippen LogP contribution is -2.15. The van der Waals surface area contributed by atoms with Crippen molar-refractivity contribution in [3.05, 3.63) is 89.0 Å². The first-order valence-electron chi connectivity index (χ1n) is 9.40. The molecule has 0 aliphatic rings. The van der Waals surface area contributed by atoms with Gasteiger partial charge in [-0.15, -0.1) is 0 Å². The van der Waals surface area contributed by atoms with Gasteiger partial charge < -0.3 is 15.4 Å². The van der Waals surface area contributed by atoms with Crippen LogP contribution < -0.4 is 15.4 Å². The standard InChI is InChI=1S/C24H22N2O4/c1-15-4-8-18(9-5-15)23(28)25-20-12-13-21(22(14-20)30-17(3)27)26-24(29)19-10-6-16(2)7-11-19/h4-14H,1-3H3,(H,25,28)(H,26,29). The molecule has 3 aromatic carbocycles. The van der Waals surface area contributed by atoms with Gasteiger partial charge in [0.15, 0.2) is 5.75 Å². The van der Waals surface area contributed by atoms with Crippen LogP contribution in [0, 0.1) is 13.8 Å². The minimum Gasteiger partial charge on any atom is -0.424 e. The van der Waals surface area contributed by atoms with E-state index in [0.29, 0.717) is 22.5 Å². The predicted molar refractivity (Wildman–Crippen MR) is 116 cm³/mol. The normalized spacial score (nSPS) is 10.2. The van der Waals surface area contributed by atoms with Crippen molar-refractivity contribution in [2.75, 3.05) is 10.6 Å². The van der Waals surface area contributed by atoms with Crippen molar-refractivity contribution in [1.82, 2.24) is 0 Å². The second kappa shape index (κ2) is 9.05. The van der Waals surface area contributed by atoms with E-state index in [4.69, 9.17) is 4.74 Å². The first-order chi connectivity index (χ1) is 14.3. The minimum absolute atomic E-state index is 0.143. The fraction of sp³-hybridized carbons (Fsp3) is 0.125. The van der Waals surface area contributed by atoms with Crippen molar-refractivity contribution in [3.8, 4) is 5.75 Å². The van der Waals surface area contributed by atoms with Crippen molar-refractivity contribution >= 4 is 29.2 Å². The lowest BCUT2D eigenvalue weighted by molar-refractivity contribution is -0.131. The van der Waals surface area contributed by atoms with Gasteiger partial charge in [-0.05, 0) is 50.2 Å².